The summed E-state index contributed by atoms with van der Waals surface area (Å²) in [5.74, 6) is -1.26. The van der Waals surface area contributed by atoms with Gasteiger partial charge in [0.05, 0.1) is 6.10 Å². The molecule has 1 aromatic heterocycles. The second kappa shape index (κ2) is 4.45. The van der Waals surface area contributed by atoms with Crippen LogP contribution in [0.3, 0.4) is 0 Å². The fourth-order valence-electron chi connectivity index (χ4n) is 1.58. The summed E-state index contributed by atoms with van der Waals surface area (Å²) in [6.45, 7) is 0. The van der Waals surface area contributed by atoms with E-state index in [-0.39, 0.29) is 12.0 Å². The van der Waals surface area contributed by atoms with Crippen LogP contribution in [0.5, 0.6) is 0 Å². The Labute approximate surface area is 91.6 Å². The van der Waals surface area contributed by atoms with E-state index in [2.05, 4.69) is 4.98 Å². The van der Waals surface area contributed by atoms with Gasteiger partial charge in [-0.25, -0.2) is 8.78 Å². The van der Waals surface area contributed by atoms with Crippen molar-refractivity contribution in [1.29, 1.82) is 0 Å². The Morgan fingerprint density at radius 2 is 1.88 bits per heavy atom. The van der Waals surface area contributed by atoms with Crippen LogP contribution in [0.2, 0.25) is 0 Å². The molecule has 2 N–H and O–H groups in total. The molecule has 0 saturated heterocycles. The standard InChI is InChI=1S/C12H11F2NO/c13-10-2-1-3-11(14)9(10)6-12(16)8-4-5-15-7-8/h1-5,7,12,15-16H,6H2. The molecule has 0 aliphatic rings. The van der Waals surface area contributed by atoms with E-state index in [0.717, 1.165) is 0 Å². The fraction of sp³-hybridized carbons (Fsp3) is 0.167. The van der Waals surface area contributed by atoms with Gasteiger partial charge in [-0.2, -0.15) is 0 Å². The quantitative estimate of drug-likeness (QED) is 0.824. The van der Waals surface area contributed by atoms with Gasteiger partial charge in [-0.3, -0.25) is 0 Å². The van der Waals surface area contributed by atoms with E-state index in [1.54, 1.807) is 18.5 Å². The van der Waals surface area contributed by atoms with Crippen LogP contribution in [0, 0.1) is 11.6 Å². The lowest BCUT2D eigenvalue weighted by atomic mass is 10.0. The summed E-state index contributed by atoms with van der Waals surface area (Å²) in [6, 6.07) is 5.34. The molecule has 0 bridgehead atoms. The number of aromatic amines is 1. The second-order valence-electron chi connectivity index (χ2n) is 3.56. The number of aliphatic hydroxyl groups is 1. The number of nitrogens with one attached hydrogen (secondary N) is 1. The zero-order chi connectivity index (χ0) is 11.5. The van der Waals surface area contributed by atoms with E-state index in [1.807, 2.05) is 0 Å². The lowest BCUT2D eigenvalue weighted by Crippen LogP contribution is -2.04. The summed E-state index contributed by atoms with van der Waals surface area (Å²) in [4.78, 5) is 2.78. The molecule has 1 atom stereocenters. The van der Waals surface area contributed by atoms with Crippen molar-refractivity contribution >= 4 is 0 Å². The van der Waals surface area contributed by atoms with E-state index >= 15 is 0 Å². The molecule has 2 nitrogen and oxygen atoms in total. The minimum atomic E-state index is -0.905. The highest BCUT2D eigenvalue weighted by Gasteiger charge is 2.15. The SMILES string of the molecule is OC(Cc1c(F)cccc1F)c1cc[nH]c1. The van der Waals surface area contributed by atoms with E-state index < -0.39 is 17.7 Å². The molecule has 4 heteroatoms. The zero-order valence-electron chi connectivity index (χ0n) is 8.45. The Morgan fingerprint density at radius 1 is 1.19 bits per heavy atom. The van der Waals surface area contributed by atoms with E-state index in [9.17, 15) is 13.9 Å². The van der Waals surface area contributed by atoms with Crippen molar-refractivity contribution in [2.24, 2.45) is 0 Å². The number of aliphatic hydroxyl groups excluding tert-OH is 1. The van der Waals surface area contributed by atoms with Gasteiger partial charge in [-0.05, 0) is 23.8 Å². The molecule has 16 heavy (non-hydrogen) atoms. The summed E-state index contributed by atoms with van der Waals surface area (Å²) in [5, 5.41) is 9.76. The molecule has 2 aromatic rings. The van der Waals surface area contributed by atoms with Gasteiger partial charge < -0.3 is 10.1 Å². The predicted octanol–water partition coefficient (Wildman–Crippen LogP) is 2.57. The molecule has 1 unspecified atom stereocenters. The summed E-state index contributed by atoms with van der Waals surface area (Å²) < 4.78 is 26.6. The van der Waals surface area contributed by atoms with Crippen molar-refractivity contribution < 1.29 is 13.9 Å². The number of halogens is 2. The molecule has 0 amide bonds. The number of H-pyrrole nitrogens is 1. The molecular weight excluding hydrogens is 212 g/mol. The molecule has 0 aliphatic carbocycles. The van der Waals surface area contributed by atoms with Crippen LogP contribution in [0.15, 0.2) is 36.7 Å². The van der Waals surface area contributed by atoms with Gasteiger partial charge >= 0.3 is 0 Å². The van der Waals surface area contributed by atoms with Crippen molar-refractivity contribution in [2.45, 2.75) is 12.5 Å². The van der Waals surface area contributed by atoms with Gasteiger partial charge in [0.1, 0.15) is 11.6 Å². The Kier molecular flexibility index (Phi) is 3.01. The van der Waals surface area contributed by atoms with Gasteiger partial charge in [0.2, 0.25) is 0 Å². The van der Waals surface area contributed by atoms with Crippen LogP contribution < -0.4 is 0 Å². The van der Waals surface area contributed by atoms with Crippen LogP contribution >= 0.6 is 0 Å². The smallest absolute Gasteiger partial charge is 0.129 e. The molecule has 0 aliphatic heterocycles. The highest BCUT2D eigenvalue weighted by atomic mass is 19.1. The average molecular weight is 223 g/mol. The highest BCUT2D eigenvalue weighted by Crippen LogP contribution is 2.21. The molecule has 0 radical (unpaired) electrons. The number of rotatable bonds is 3. The van der Waals surface area contributed by atoms with Crippen LogP contribution in [-0.2, 0) is 6.42 Å². The van der Waals surface area contributed by atoms with E-state index in [1.165, 1.54) is 18.2 Å². The Hall–Kier alpha value is -1.68. The summed E-state index contributed by atoms with van der Waals surface area (Å²) in [7, 11) is 0. The van der Waals surface area contributed by atoms with Crippen molar-refractivity contribution in [1.82, 2.24) is 4.98 Å². The van der Waals surface area contributed by atoms with Crippen molar-refractivity contribution in [2.75, 3.05) is 0 Å². The van der Waals surface area contributed by atoms with Gasteiger partial charge in [-0.15, -0.1) is 0 Å². The third-order valence-corrected chi connectivity index (χ3v) is 2.47. The third-order valence-electron chi connectivity index (χ3n) is 2.47. The van der Waals surface area contributed by atoms with Gasteiger partial charge in [0.15, 0.2) is 0 Å². The Morgan fingerprint density at radius 3 is 2.44 bits per heavy atom. The first-order valence-electron chi connectivity index (χ1n) is 4.92. The molecular formula is C12H11F2NO. The lowest BCUT2D eigenvalue weighted by Gasteiger charge is -2.10. The highest BCUT2D eigenvalue weighted by molar-refractivity contribution is 5.23. The van der Waals surface area contributed by atoms with Gasteiger partial charge in [-0.1, -0.05) is 6.07 Å². The lowest BCUT2D eigenvalue weighted by molar-refractivity contribution is 0.176. The molecule has 0 fully saturated rings. The maximum Gasteiger partial charge on any atom is 0.129 e. The monoisotopic (exact) mass is 223 g/mol. The van der Waals surface area contributed by atoms with Gasteiger partial charge in [0, 0.05) is 24.4 Å². The normalized spacial score (nSPS) is 12.7. The first-order chi connectivity index (χ1) is 7.68. The summed E-state index contributed by atoms with van der Waals surface area (Å²) >= 11 is 0. The maximum absolute atomic E-state index is 13.3. The predicted molar refractivity (Wildman–Crippen MR) is 55.8 cm³/mol. The van der Waals surface area contributed by atoms with Crippen molar-refractivity contribution in [3.8, 4) is 0 Å². The van der Waals surface area contributed by atoms with Crippen LogP contribution in [0.4, 0.5) is 8.78 Å². The van der Waals surface area contributed by atoms with Crippen LogP contribution in [0.1, 0.15) is 17.2 Å². The average Bonchev–Trinajstić information content (AvgIpc) is 2.76. The minimum absolute atomic E-state index is 0.0731. The Balaban J connectivity index is 2.21. The first kappa shape index (κ1) is 10.8. The van der Waals surface area contributed by atoms with E-state index in [0.29, 0.717) is 5.56 Å². The fourth-order valence-corrected chi connectivity index (χ4v) is 1.58. The molecule has 2 rings (SSSR count). The zero-order valence-corrected chi connectivity index (χ0v) is 8.45. The largest absolute Gasteiger partial charge is 0.388 e. The van der Waals surface area contributed by atoms with Crippen molar-refractivity contribution in [3.05, 3.63) is 59.4 Å². The van der Waals surface area contributed by atoms with Crippen LogP contribution in [0.25, 0.3) is 0 Å². The molecule has 84 valence electrons. The molecule has 0 spiro atoms. The number of benzene rings is 1. The minimum Gasteiger partial charge on any atom is -0.388 e. The first-order valence-corrected chi connectivity index (χ1v) is 4.92. The molecule has 1 aromatic carbocycles. The summed E-state index contributed by atoms with van der Waals surface area (Å²) in [6.07, 6.45) is 2.27. The number of hydrogen-bond acceptors (Lipinski definition) is 1. The van der Waals surface area contributed by atoms with Gasteiger partial charge in [0.25, 0.3) is 0 Å². The van der Waals surface area contributed by atoms with Crippen LogP contribution in [-0.4, -0.2) is 10.1 Å². The molecule has 0 saturated carbocycles. The van der Waals surface area contributed by atoms with E-state index in [4.69, 9.17) is 0 Å². The Bertz CT molecular complexity index is 448. The number of hydrogen-bond donors (Lipinski definition) is 2. The second-order valence-corrected chi connectivity index (χ2v) is 3.56. The maximum atomic E-state index is 13.3. The topological polar surface area (TPSA) is 36.0 Å². The summed E-state index contributed by atoms with van der Waals surface area (Å²) in [5.41, 5.74) is 0.527. The third kappa shape index (κ3) is 2.12. The van der Waals surface area contributed by atoms with Crippen molar-refractivity contribution in [3.63, 3.8) is 0 Å². The number of aromatic nitrogens is 1. The molecule has 1 heterocycles.